The van der Waals surface area contributed by atoms with E-state index >= 15 is 4.39 Å². The number of aliphatic hydroxyl groups is 1. The number of nitrogens with zero attached hydrogens (tertiary/aromatic N) is 3. The number of piperidine rings is 1. The molecule has 3 heterocycles. The van der Waals surface area contributed by atoms with Crippen molar-refractivity contribution >= 4 is 17.4 Å². The largest absolute Gasteiger partial charge is 0.487 e. The van der Waals surface area contributed by atoms with Gasteiger partial charge in [0.05, 0.1) is 43.4 Å². The molecule has 2 aromatic rings. The number of ether oxygens (including phenoxy) is 4. The average molecular weight is 631 g/mol. The second-order valence-electron chi connectivity index (χ2n) is 11.5. The van der Waals surface area contributed by atoms with Crippen LogP contribution in [0.1, 0.15) is 69.2 Å². The number of benzene rings is 1. The molecular weight excluding hydrogens is 584 g/mol. The zero-order valence-electron chi connectivity index (χ0n) is 26.8. The molecule has 2 fully saturated rings. The molecule has 0 aliphatic carbocycles. The number of pyridine rings is 1. The molecule has 1 amide bonds. The predicted octanol–water partition coefficient (Wildman–Crippen LogP) is 5.84. The summed E-state index contributed by atoms with van der Waals surface area (Å²) in [7, 11) is 1.44. The fourth-order valence-corrected chi connectivity index (χ4v) is 6.05. The minimum absolute atomic E-state index is 0.146. The van der Waals surface area contributed by atoms with Gasteiger partial charge in [0.15, 0.2) is 11.9 Å². The Morgan fingerprint density at radius 2 is 1.98 bits per heavy atom. The summed E-state index contributed by atoms with van der Waals surface area (Å²) in [6, 6.07) is 4.47. The van der Waals surface area contributed by atoms with Crippen LogP contribution in [-0.4, -0.2) is 68.3 Å². The van der Waals surface area contributed by atoms with E-state index in [1.165, 1.54) is 24.1 Å². The Balaban J connectivity index is 1.48. The van der Waals surface area contributed by atoms with Crippen LogP contribution < -0.4 is 14.2 Å². The predicted molar refractivity (Wildman–Crippen MR) is 167 cm³/mol. The molecular formula is C34H46F2N3O6+. The smallest absolute Gasteiger partial charge is 0.415 e. The van der Waals surface area contributed by atoms with Crippen molar-refractivity contribution in [3.8, 4) is 5.75 Å². The van der Waals surface area contributed by atoms with E-state index < -0.39 is 23.6 Å². The molecule has 9 nitrogen and oxygen atoms in total. The van der Waals surface area contributed by atoms with Crippen molar-refractivity contribution < 1.29 is 42.2 Å². The van der Waals surface area contributed by atoms with Gasteiger partial charge in [-0.2, -0.15) is 4.57 Å². The molecule has 246 valence electrons. The van der Waals surface area contributed by atoms with E-state index in [9.17, 15) is 14.3 Å². The summed E-state index contributed by atoms with van der Waals surface area (Å²) in [5.74, 6) is -0.215. The van der Waals surface area contributed by atoms with E-state index in [0.29, 0.717) is 70.2 Å². The van der Waals surface area contributed by atoms with Gasteiger partial charge in [0, 0.05) is 51.6 Å². The third-order valence-corrected chi connectivity index (χ3v) is 8.45. The Kier molecular flexibility index (Phi) is 12.1. The number of halogens is 2. The van der Waals surface area contributed by atoms with Crippen LogP contribution in [0.5, 0.6) is 5.75 Å². The Morgan fingerprint density at radius 1 is 1.22 bits per heavy atom. The number of aliphatic hydroxyl groups excluding tert-OH is 1. The van der Waals surface area contributed by atoms with Gasteiger partial charge in [-0.3, -0.25) is 4.90 Å². The molecule has 1 aromatic carbocycles. The van der Waals surface area contributed by atoms with Crippen molar-refractivity contribution in [1.29, 1.82) is 0 Å². The number of aromatic nitrogens is 1. The summed E-state index contributed by atoms with van der Waals surface area (Å²) in [5.41, 5.74) is 2.79. The van der Waals surface area contributed by atoms with Crippen LogP contribution >= 0.6 is 0 Å². The van der Waals surface area contributed by atoms with E-state index in [1.54, 1.807) is 6.07 Å². The first kappa shape index (κ1) is 34.5. The van der Waals surface area contributed by atoms with Crippen LogP contribution in [0, 0.1) is 5.82 Å². The highest BCUT2D eigenvalue weighted by atomic mass is 19.1. The maximum absolute atomic E-state index is 15.1. The molecule has 1 unspecified atom stereocenters. The molecule has 2 saturated heterocycles. The Bertz CT molecular complexity index is 1370. The van der Waals surface area contributed by atoms with Crippen molar-refractivity contribution in [1.82, 2.24) is 4.90 Å². The maximum Gasteiger partial charge on any atom is 0.415 e. The number of likely N-dealkylation sites (tertiary alicyclic amines) is 1. The zero-order valence-corrected chi connectivity index (χ0v) is 26.8. The summed E-state index contributed by atoms with van der Waals surface area (Å²) in [6.45, 7) is 12.6. The Labute approximate surface area is 264 Å². The summed E-state index contributed by atoms with van der Waals surface area (Å²) in [4.78, 5) is 16.6. The van der Waals surface area contributed by atoms with Crippen molar-refractivity contribution in [2.75, 3.05) is 51.5 Å². The molecule has 11 heteroatoms. The van der Waals surface area contributed by atoms with E-state index in [-0.39, 0.29) is 31.1 Å². The normalized spacial score (nSPS) is 17.5. The number of carbonyl (C=O) groups excluding carboxylic acids is 1. The number of rotatable bonds is 15. The van der Waals surface area contributed by atoms with Crippen molar-refractivity contribution in [2.45, 2.75) is 71.4 Å². The van der Waals surface area contributed by atoms with Gasteiger partial charge in [-0.05, 0) is 50.5 Å². The minimum atomic E-state index is -0.703. The van der Waals surface area contributed by atoms with Crippen LogP contribution in [0.3, 0.4) is 0 Å². The monoisotopic (exact) mass is 630 g/mol. The fourth-order valence-electron chi connectivity index (χ4n) is 6.05. The second kappa shape index (κ2) is 15.8. The summed E-state index contributed by atoms with van der Waals surface area (Å²) in [6.07, 6.45) is 6.75. The molecule has 1 aromatic heterocycles. The first-order valence-electron chi connectivity index (χ1n) is 15.6. The molecule has 45 heavy (non-hydrogen) atoms. The van der Waals surface area contributed by atoms with Crippen LogP contribution in [0.4, 0.5) is 19.3 Å². The topological polar surface area (TPSA) is 84.6 Å². The third-order valence-electron chi connectivity index (χ3n) is 8.45. The molecule has 1 atom stereocenters. The van der Waals surface area contributed by atoms with Gasteiger partial charge in [0.1, 0.15) is 17.5 Å². The minimum Gasteiger partial charge on any atom is -0.487 e. The molecule has 0 saturated carbocycles. The summed E-state index contributed by atoms with van der Waals surface area (Å²) < 4.78 is 53.7. The van der Waals surface area contributed by atoms with E-state index in [4.69, 9.17) is 18.9 Å². The van der Waals surface area contributed by atoms with Gasteiger partial charge in [-0.1, -0.05) is 18.7 Å². The average Bonchev–Trinajstić information content (AvgIpc) is 3.34. The highest BCUT2D eigenvalue weighted by molar-refractivity contribution is 5.90. The molecule has 0 radical (unpaired) electrons. The lowest BCUT2D eigenvalue weighted by atomic mass is 9.91. The summed E-state index contributed by atoms with van der Waals surface area (Å²) in [5, 5.41) is 9.47. The number of hydrogen-bond donors (Lipinski definition) is 1. The molecule has 2 aliphatic rings. The van der Waals surface area contributed by atoms with Gasteiger partial charge in [0.25, 0.3) is 0 Å². The van der Waals surface area contributed by atoms with Crippen LogP contribution in [-0.2, 0) is 27.5 Å². The number of hydrogen-bond acceptors (Lipinski definition) is 7. The second-order valence-corrected chi connectivity index (χ2v) is 11.5. The summed E-state index contributed by atoms with van der Waals surface area (Å²) >= 11 is 0. The lowest BCUT2D eigenvalue weighted by molar-refractivity contribution is -0.716. The van der Waals surface area contributed by atoms with Gasteiger partial charge in [-0.15, -0.1) is 0 Å². The van der Waals surface area contributed by atoms with Gasteiger partial charge < -0.3 is 24.1 Å². The first-order valence-corrected chi connectivity index (χ1v) is 15.6. The number of carbonyl (C=O) groups is 1. The van der Waals surface area contributed by atoms with E-state index in [2.05, 4.69) is 22.2 Å². The van der Waals surface area contributed by atoms with Crippen LogP contribution in [0.2, 0.25) is 0 Å². The first-order chi connectivity index (χ1) is 21.7. The quantitative estimate of drug-likeness (QED) is 0.248. The fraction of sp³-hybridized carbons (Fsp3) is 0.529. The Hall–Kier alpha value is -3.38. The molecule has 1 N–H and O–H groups in total. The third kappa shape index (κ3) is 8.26. The zero-order chi connectivity index (χ0) is 32.6. The van der Waals surface area contributed by atoms with Gasteiger partial charge >= 0.3 is 6.09 Å². The van der Waals surface area contributed by atoms with Crippen LogP contribution in [0.15, 0.2) is 49.1 Å². The lowest BCUT2D eigenvalue weighted by Crippen LogP contribution is -2.52. The highest BCUT2D eigenvalue weighted by Crippen LogP contribution is 2.38. The van der Waals surface area contributed by atoms with Crippen LogP contribution in [0.25, 0.3) is 5.57 Å². The van der Waals surface area contributed by atoms with E-state index in [0.717, 1.165) is 16.7 Å². The van der Waals surface area contributed by atoms with Crippen molar-refractivity contribution in [3.05, 3.63) is 71.6 Å². The van der Waals surface area contributed by atoms with Crippen molar-refractivity contribution in [3.63, 3.8) is 0 Å². The SMILES string of the molecule is C=C(F)CCC(=CC)c1c(COCC)c[n+](CN2CCC3(CC2)CN(c2ccc(C(CO)OC)cc2F)C(=O)O3)cc1OCC. The van der Waals surface area contributed by atoms with Gasteiger partial charge in [-0.25, -0.2) is 18.5 Å². The molecule has 4 rings (SSSR count). The van der Waals surface area contributed by atoms with E-state index in [1.807, 2.05) is 33.0 Å². The van der Waals surface area contributed by atoms with Gasteiger partial charge in [0.2, 0.25) is 12.9 Å². The lowest BCUT2D eigenvalue weighted by Gasteiger charge is -2.36. The molecule has 1 spiro atoms. The maximum atomic E-state index is 15.1. The van der Waals surface area contributed by atoms with Crippen molar-refractivity contribution in [2.24, 2.45) is 0 Å². The molecule has 2 aliphatic heterocycles. The number of anilines is 1. The Morgan fingerprint density at radius 3 is 2.58 bits per heavy atom. The standard InChI is InChI=1S/C34H46F2N3O6/c1-6-25(10-9-24(4)35)32-27(21-43-7-2)18-38(19-30(32)44-8-3)23-37-15-13-34(14-16-37)22-39(33(41)45-34)29-12-11-26(17-28(29)36)31(20-40)42-5/h6,11-12,17-19,31,40H,4,7-10,13-16,20-23H2,1-3,5H3/q+1. The number of methoxy groups -OCH3 is 1. The number of allylic oxidation sites excluding steroid dienone is 3. The number of amides is 1. The molecule has 0 bridgehead atoms. The highest BCUT2D eigenvalue weighted by Gasteiger charge is 2.48.